The van der Waals surface area contributed by atoms with Gasteiger partial charge < -0.3 is 0 Å². The van der Waals surface area contributed by atoms with E-state index in [4.69, 9.17) is 34.8 Å². The fourth-order valence-corrected chi connectivity index (χ4v) is 2.58. The SMILES string of the molecule is Clc1ccc(-c2nc(Cl)cs2)c(Cl)c1. The second kappa shape index (κ2) is 4.07. The molecule has 0 radical (unpaired) electrons. The van der Waals surface area contributed by atoms with E-state index in [0.717, 1.165) is 10.6 Å². The molecule has 1 aromatic heterocycles. The lowest BCUT2D eigenvalue weighted by molar-refractivity contribution is 1.41. The van der Waals surface area contributed by atoms with Crippen molar-refractivity contribution in [3.63, 3.8) is 0 Å². The van der Waals surface area contributed by atoms with Crippen molar-refractivity contribution in [2.45, 2.75) is 0 Å². The molecule has 0 spiro atoms. The highest BCUT2D eigenvalue weighted by Crippen LogP contribution is 2.33. The van der Waals surface area contributed by atoms with Gasteiger partial charge >= 0.3 is 0 Å². The zero-order valence-corrected chi connectivity index (χ0v) is 9.88. The molecule has 1 nitrogen and oxygen atoms in total. The summed E-state index contributed by atoms with van der Waals surface area (Å²) in [7, 11) is 0. The fraction of sp³-hybridized carbons (Fsp3) is 0. The van der Waals surface area contributed by atoms with Crippen LogP contribution in [0.1, 0.15) is 0 Å². The summed E-state index contributed by atoms with van der Waals surface area (Å²) in [6.45, 7) is 0. The van der Waals surface area contributed by atoms with Crippen molar-refractivity contribution < 1.29 is 0 Å². The molecule has 0 saturated carbocycles. The minimum absolute atomic E-state index is 0.482. The first-order chi connectivity index (χ1) is 6.66. The molecule has 2 aromatic rings. The van der Waals surface area contributed by atoms with Crippen LogP contribution in [0.15, 0.2) is 23.6 Å². The highest BCUT2D eigenvalue weighted by molar-refractivity contribution is 7.13. The van der Waals surface area contributed by atoms with E-state index in [-0.39, 0.29) is 0 Å². The van der Waals surface area contributed by atoms with Crippen molar-refractivity contribution in [3.8, 4) is 10.6 Å². The van der Waals surface area contributed by atoms with Crippen LogP contribution in [-0.4, -0.2) is 4.98 Å². The van der Waals surface area contributed by atoms with Crippen LogP contribution in [0, 0.1) is 0 Å². The first kappa shape index (κ1) is 10.2. The highest BCUT2D eigenvalue weighted by Gasteiger charge is 2.07. The molecule has 1 aromatic carbocycles. The van der Waals surface area contributed by atoms with Gasteiger partial charge in [0.1, 0.15) is 10.2 Å². The van der Waals surface area contributed by atoms with Crippen LogP contribution in [0.5, 0.6) is 0 Å². The number of rotatable bonds is 1. The quantitative estimate of drug-likeness (QED) is 0.723. The Morgan fingerprint density at radius 3 is 2.50 bits per heavy atom. The van der Waals surface area contributed by atoms with E-state index in [1.165, 1.54) is 11.3 Å². The van der Waals surface area contributed by atoms with Crippen LogP contribution in [0.4, 0.5) is 0 Å². The first-order valence-electron chi connectivity index (χ1n) is 3.73. The van der Waals surface area contributed by atoms with Gasteiger partial charge in [-0.1, -0.05) is 34.8 Å². The number of aromatic nitrogens is 1. The molecule has 14 heavy (non-hydrogen) atoms. The molecular formula is C9H4Cl3NS. The molecule has 0 saturated heterocycles. The van der Waals surface area contributed by atoms with Crippen molar-refractivity contribution >= 4 is 46.1 Å². The Hall–Kier alpha value is -0.280. The van der Waals surface area contributed by atoms with E-state index in [1.807, 2.05) is 6.07 Å². The molecular weight excluding hydrogens is 261 g/mol. The summed E-state index contributed by atoms with van der Waals surface area (Å²) in [6, 6.07) is 5.30. The van der Waals surface area contributed by atoms with Gasteiger partial charge in [-0.05, 0) is 18.2 Å². The minimum Gasteiger partial charge on any atom is -0.224 e. The Morgan fingerprint density at radius 2 is 1.93 bits per heavy atom. The summed E-state index contributed by atoms with van der Waals surface area (Å²) in [5.74, 6) is 0. The Morgan fingerprint density at radius 1 is 1.14 bits per heavy atom. The Balaban J connectivity index is 2.52. The van der Waals surface area contributed by atoms with Crippen LogP contribution in [0.2, 0.25) is 15.2 Å². The van der Waals surface area contributed by atoms with E-state index >= 15 is 0 Å². The molecule has 72 valence electrons. The van der Waals surface area contributed by atoms with Gasteiger partial charge in [0.25, 0.3) is 0 Å². The van der Waals surface area contributed by atoms with Crippen molar-refractivity contribution in [1.82, 2.24) is 4.98 Å². The lowest BCUT2D eigenvalue weighted by Gasteiger charge is -1.99. The van der Waals surface area contributed by atoms with Gasteiger partial charge in [-0.25, -0.2) is 4.98 Å². The smallest absolute Gasteiger partial charge is 0.140 e. The maximum Gasteiger partial charge on any atom is 0.140 e. The number of benzene rings is 1. The van der Waals surface area contributed by atoms with Crippen LogP contribution in [0.25, 0.3) is 10.6 Å². The maximum atomic E-state index is 6.01. The largest absolute Gasteiger partial charge is 0.224 e. The number of halogens is 3. The standard InChI is InChI=1S/C9H4Cl3NS/c10-5-1-2-6(7(11)3-5)9-13-8(12)4-14-9/h1-4H. The Kier molecular flexibility index (Phi) is 2.98. The van der Waals surface area contributed by atoms with E-state index < -0.39 is 0 Å². The maximum absolute atomic E-state index is 6.01. The predicted octanol–water partition coefficient (Wildman–Crippen LogP) is 4.77. The second-order valence-electron chi connectivity index (χ2n) is 2.60. The molecule has 0 bridgehead atoms. The van der Waals surface area contributed by atoms with Crippen LogP contribution in [0.3, 0.4) is 0 Å². The molecule has 0 amide bonds. The van der Waals surface area contributed by atoms with Gasteiger partial charge in [-0.3, -0.25) is 0 Å². The fourth-order valence-electron chi connectivity index (χ4n) is 1.04. The third-order valence-electron chi connectivity index (χ3n) is 1.64. The van der Waals surface area contributed by atoms with Crippen LogP contribution in [-0.2, 0) is 0 Å². The monoisotopic (exact) mass is 263 g/mol. The van der Waals surface area contributed by atoms with E-state index in [1.54, 1.807) is 17.5 Å². The average Bonchev–Trinajstić information content (AvgIpc) is 2.51. The van der Waals surface area contributed by atoms with Crippen molar-refractivity contribution in [1.29, 1.82) is 0 Å². The van der Waals surface area contributed by atoms with Gasteiger partial charge in [0.05, 0.1) is 5.02 Å². The number of nitrogens with zero attached hydrogens (tertiary/aromatic N) is 1. The molecule has 0 aliphatic heterocycles. The molecule has 0 aliphatic rings. The van der Waals surface area contributed by atoms with Gasteiger partial charge in [0, 0.05) is 16.0 Å². The topological polar surface area (TPSA) is 12.9 Å². The molecule has 0 aliphatic carbocycles. The second-order valence-corrected chi connectivity index (χ2v) is 4.69. The highest BCUT2D eigenvalue weighted by atomic mass is 35.5. The summed E-state index contributed by atoms with van der Waals surface area (Å²) in [6.07, 6.45) is 0. The lowest BCUT2D eigenvalue weighted by atomic mass is 10.2. The molecule has 0 fully saturated rings. The zero-order chi connectivity index (χ0) is 10.1. The molecule has 2 rings (SSSR count). The van der Waals surface area contributed by atoms with Gasteiger partial charge in [0.2, 0.25) is 0 Å². The van der Waals surface area contributed by atoms with Gasteiger partial charge in [0.15, 0.2) is 0 Å². The normalized spacial score (nSPS) is 10.5. The van der Waals surface area contributed by atoms with Crippen LogP contribution >= 0.6 is 46.1 Å². The third-order valence-corrected chi connectivity index (χ3v) is 3.38. The van der Waals surface area contributed by atoms with Crippen LogP contribution < -0.4 is 0 Å². The third kappa shape index (κ3) is 2.04. The van der Waals surface area contributed by atoms with Crippen molar-refractivity contribution in [2.75, 3.05) is 0 Å². The molecule has 1 heterocycles. The summed E-state index contributed by atoms with van der Waals surface area (Å²) in [5.41, 5.74) is 0.855. The Labute approximate surface area is 100 Å². The van der Waals surface area contributed by atoms with Crippen molar-refractivity contribution in [2.24, 2.45) is 0 Å². The number of thiazole rings is 1. The molecule has 0 atom stereocenters. The van der Waals surface area contributed by atoms with E-state index in [9.17, 15) is 0 Å². The summed E-state index contributed by atoms with van der Waals surface area (Å²) in [4.78, 5) is 4.13. The average molecular weight is 265 g/mol. The zero-order valence-electron chi connectivity index (χ0n) is 6.80. The lowest BCUT2D eigenvalue weighted by Crippen LogP contribution is -1.77. The molecule has 0 unspecified atom stereocenters. The molecule has 0 N–H and O–H groups in total. The van der Waals surface area contributed by atoms with Gasteiger partial charge in [-0.2, -0.15) is 0 Å². The summed E-state index contributed by atoms with van der Waals surface area (Å²) in [5, 5.41) is 4.25. The van der Waals surface area contributed by atoms with E-state index in [0.29, 0.717) is 15.2 Å². The van der Waals surface area contributed by atoms with E-state index in [2.05, 4.69) is 4.98 Å². The number of hydrogen-bond donors (Lipinski definition) is 0. The summed E-state index contributed by atoms with van der Waals surface area (Å²) < 4.78 is 0. The molecule has 5 heteroatoms. The summed E-state index contributed by atoms with van der Waals surface area (Å²) >= 11 is 19.0. The number of hydrogen-bond acceptors (Lipinski definition) is 2. The first-order valence-corrected chi connectivity index (χ1v) is 5.74. The predicted molar refractivity (Wildman–Crippen MR) is 62.6 cm³/mol. The van der Waals surface area contributed by atoms with Crippen molar-refractivity contribution in [3.05, 3.63) is 38.8 Å². The Bertz CT molecular complexity index is 467. The minimum atomic E-state index is 0.482. The van der Waals surface area contributed by atoms with Gasteiger partial charge in [-0.15, -0.1) is 11.3 Å².